The number of nitrogens with one attached hydrogen (secondary N) is 1. The van der Waals surface area contributed by atoms with Crippen LogP contribution in [0.4, 0.5) is 4.79 Å². The van der Waals surface area contributed by atoms with Crippen LogP contribution in [0.3, 0.4) is 0 Å². The van der Waals surface area contributed by atoms with Gasteiger partial charge in [-0.1, -0.05) is 0 Å². The molecule has 3 atom stereocenters. The molecule has 2 N–H and O–H groups in total. The van der Waals surface area contributed by atoms with E-state index in [1.54, 1.807) is 4.90 Å². The number of carboxylic acid groups (broad SMARTS) is 1. The Kier molecular flexibility index (Phi) is 2.82. The number of amides is 2. The molecule has 0 aromatic rings. The van der Waals surface area contributed by atoms with Crippen molar-refractivity contribution in [3.05, 3.63) is 0 Å². The molecule has 2 aliphatic carbocycles. The highest BCUT2D eigenvalue weighted by atomic mass is 16.4. The largest absolute Gasteiger partial charge is 0.480 e. The van der Waals surface area contributed by atoms with E-state index in [0.29, 0.717) is 18.9 Å². The molecule has 20 heavy (non-hydrogen) atoms. The number of hydrogen-bond donors (Lipinski definition) is 2. The zero-order chi connectivity index (χ0) is 14.7. The highest BCUT2D eigenvalue weighted by Gasteiger charge is 2.65. The summed E-state index contributed by atoms with van der Waals surface area (Å²) in [5.74, 6) is 0.597. The van der Waals surface area contributed by atoms with E-state index in [-0.39, 0.29) is 17.0 Å². The summed E-state index contributed by atoms with van der Waals surface area (Å²) in [4.78, 5) is 25.4. The molecule has 0 radical (unpaired) electrons. The Hall–Kier alpha value is -1.26. The van der Waals surface area contributed by atoms with Crippen LogP contribution in [0.5, 0.6) is 0 Å². The van der Waals surface area contributed by atoms with Crippen molar-refractivity contribution in [1.29, 1.82) is 0 Å². The van der Waals surface area contributed by atoms with Crippen LogP contribution in [-0.4, -0.2) is 40.1 Å². The van der Waals surface area contributed by atoms with Crippen molar-refractivity contribution in [2.24, 2.45) is 17.3 Å². The minimum atomic E-state index is -0.868. The predicted molar refractivity (Wildman–Crippen MR) is 74.3 cm³/mol. The molecule has 2 amide bonds. The van der Waals surface area contributed by atoms with Crippen molar-refractivity contribution < 1.29 is 14.7 Å². The summed E-state index contributed by atoms with van der Waals surface area (Å²) < 4.78 is 0. The molecular formula is C15H24N2O3. The first-order valence-corrected chi connectivity index (χ1v) is 7.53. The van der Waals surface area contributed by atoms with Gasteiger partial charge in [0.25, 0.3) is 0 Å². The number of rotatable bonds is 2. The van der Waals surface area contributed by atoms with Gasteiger partial charge in [-0.15, -0.1) is 0 Å². The average Bonchev–Trinajstić information content (AvgIpc) is 3.13. The third-order valence-electron chi connectivity index (χ3n) is 4.93. The molecule has 0 aromatic heterocycles. The number of nitrogens with zero attached hydrogens (tertiary/aromatic N) is 1. The van der Waals surface area contributed by atoms with Crippen molar-refractivity contribution >= 4 is 12.0 Å². The molecule has 0 aromatic carbocycles. The van der Waals surface area contributed by atoms with Crippen LogP contribution in [-0.2, 0) is 4.79 Å². The maximum absolute atomic E-state index is 12.3. The summed E-state index contributed by atoms with van der Waals surface area (Å²) in [5.41, 5.74) is -0.227. The summed E-state index contributed by atoms with van der Waals surface area (Å²) >= 11 is 0. The standard InChI is InChI=1S/C15H24N2O3/c1-14(2,3)16-13(20)17-8-15(7-11(17)12(18)19)6-10(15)9-4-5-9/h9-11H,4-8H2,1-3H3,(H,16,20)(H,18,19)/t10-,11+,15-/m1/s1. The molecule has 1 saturated heterocycles. The lowest BCUT2D eigenvalue weighted by Gasteiger charge is -2.28. The molecule has 0 bridgehead atoms. The molecule has 3 rings (SSSR count). The molecule has 3 fully saturated rings. The lowest BCUT2D eigenvalue weighted by molar-refractivity contribution is -0.141. The highest BCUT2D eigenvalue weighted by Crippen LogP contribution is 2.67. The Balaban J connectivity index is 1.72. The predicted octanol–water partition coefficient (Wildman–Crippen LogP) is 2.07. The zero-order valence-corrected chi connectivity index (χ0v) is 12.5. The van der Waals surface area contributed by atoms with E-state index < -0.39 is 12.0 Å². The van der Waals surface area contributed by atoms with Gasteiger partial charge in [0, 0.05) is 12.1 Å². The summed E-state index contributed by atoms with van der Waals surface area (Å²) in [6, 6.07) is -0.885. The number of carbonyl (C=O) groups excluding carboxylic acids is 1. The van der Waals surface area contributed by atoms with Gasteiger partial charge >= 0.3 is 12.0 Å². The molecule has 5 nitrogen and oxygen atoms in total. The van der Waals surface area contributed by atoms with E-state index in [2.05, 4.69) is 5.32 Å². The van der Waals surface area contributed by atoms with Gasteiger partial charge in [0.15, 0.2) is 0 Å². The smallest absolute Gasteiger partial charge is 0.326 e. The van der Waals surface area contributed by atoms with Gasteiger partial charge in [-0.2, -0.15) is 0 Å². The van der Waals surface area contributed by atoms with E-state index in [1.165, 1.54) is 12.8 Å². The molecule has 112 valence electrons. The van der Waals surface area contributed by atoms with Gasteiger partial charge in [0.2, 0.25) is 0 Å². The normalized spacial score (nSPS) is 36.2. The van der Waals surface area contributed by atoms with Crippen LogP contribution >= 0.6 is 0 Å². The second-order valence-corrected chi connectivity index (χ2v) is 7.88. The first kappa shape index (κ1) is 13.7. The monoisotopic (exact) mass is 280 g/mol. The van der Waals surface area contributed by atoms with E-state index in [0.717, 1.165) is 12.3 Å². The van der Waals surface area contributed by atoms with E-state index in [4.69, 9.17) is 0 Å². The van der Waals surface area contributed by atoms with Gasteiger partial charge in [0.1, 0.15) is 6.04 Å². The van der Waals surface area contributed by atoms with E-state index in [9.17, 15) is 14.7 Å². The summed E-state index contributed by atoms with van der Waals surface area (Å²) in [6.45, 7) is 6.36. The van der Waals surface area contributed by atoms with Crippen molar-refractivity contribution in [3.8, 4) is 0 Å². The molecule has 3 aliphatic rings. The van der Waals surface area contributed by atoms with E-state index >= 15 is 0 Å². The number of likely N-dealkylation sites (tertiary alicyclic amines) is 1. The topological polar surface area (TPSA) is 69.6 Å². The fourth-order valence-electron chi connectivity index (χ4n) is 3.80. The quantitative estimate of drug-likeness (QED) is 0.813. The van der Waals surface area contributed by atoms with Gasteiger partial charge in [-0.3, -0.25) is 0 Å². The molecular weight excluding hydrogens is 256 g/mol. The Labute approximate surface area is 119 Å². The molecule has 1 spiro atoms. The number of aliphatic carboxylic acids is 1. The Bertz CT molecular complexity index is 453. The van der Waals surface area contributed by atoms with Crippen molar-refractivity contribution in [3.63, 3.8) is 0 Å². The van der Waals surface area contributed by atoms with Crippen LogP contribution in [0.1, 0.15) is 46.5 Å². The Morgan fingerprint density at radius 1 is 1.25 bits per heavy atom. The molecule has 0 unspecified atom stereocenters. The Morgan fingerprint density at radius 3 is 2.40 bits per heavy atom. The number of urea groups is 1. The lowest BCUT2D eigenvalue weighted by Crippen LogP contribution is -2.51. The van der Waals surface area contributed by atoms with Crippen LogP contribution in [0, 0.1) is 17.3 Å². The second-order valence-electron chi connectivity index (χ2n) is 7.88. The fourth-order valence-corrected chi connectivity index (χ4v) is 3.80. The summed E-state index contributed by atoms with van der Waals surface area (Å²) in [5, 5.41) is 12.3. The molecule has 1 aliphatic heterocycles. The third-order valence-corrected chi connectivity index (χ3v) is 4.93. The SMILES string of the molecule is CC(C)(C)NC(=O)N1C[C@@]2(C[C@@H]2C2CC2)C[C@H]1C(=O)O. The maximum Gasteiger partial charge on any atom is 0.326 e. The van der Waals surface area contributed by atoms with Crippen LogP contribution in [0.2, 0.25) is 0 Å². The summed E-state index contributed by atoms with van der Waals surface area (Å²) in [6.07, 6.45) is 4.33. The highest BCUT2D eigenvalue weighted by molar-refractivity contribution is 5.84. The fraction of sp³-hybridized carbons (Fsp3) is 0.867. The van der Waals surface area contributed by atoms with Gasteiger partial charge < -0.3 is 15.3 Å². The van der Waals surface area contributed by atoms with Crippen molar-refractivity contribution in [2.45, 2.75) is 58.0 Å². The van der Waals surface area contributed by atoms with Crippen molar-refractivity contribution in [1.82, 2.24) is 10.2 Å². The summed E-state index contributed by atoms with van der Waals surface area (Å²) in [7, 11) is 0. The van der Waals surface area contributed by atoms with Crippen molar-refractivity contribution in [2.75, 3.05) is 6.54 Å². The van der Waals surface area contributed by atoms with Crippen LogP contribution in [0.15, 0.2) is 0 Å². The number of carboxylic acids is 1. The van der Waals surface area contributed by atoms with Gasteiger partial charge in [0.05, 0.1) is 0 Å². The first-order valence-electron chi connectivity index (χ1n) is 7.53. The number of hydrogen-bond acceptors (Lipinski definition) is 2. The zero-order valence-electron chi connectivity index (χ0n) is 12.5. The average molecular weight is 280 g/mol. The number of carbonyl (C=O) groups is 2. The van der Waals surface area contributed by atoms with Crippen LogP contribution < -0.4 is 5.32 Å². The van der Waals surface area contributed by atoms with Gasteiger partial charge in [-0.05, 0) is 63.7 Å². The van der Waals surface area contributed by atoms with E-state index in [1.807, 2.05) is 20.8 Å². The Morgan fingerprint density at radius 2 is 1.90 bits per heavy atom. The minimum absolute atomic E-state index is 0.111. The lowest BCUT2D eigenvalue weighted by atomic mass is 9.98. The first-order chi connectivity index (χ1) is 9.22. The molecule has 2 saturated carbocycles. The minimum Gasteiger partial charge on any atom is -0.480 e. The third kappa shape index (κ3) is 2.38. The molecule has 5 heteroatoms. The second kappa shape index (κ2) is 4.12. The molecule has 1 heterocycles. The van der Waals surface area contributed by atoms with Crippen LogP contribution in [0.25, 0.3) is 0 Å². The maximum atomic E-state index is 12.3. The van der Waals surface area contributed by atoms with Gasteiger partial charge in [-0.25, -0.2) is 9.59 Å².